The first-order valence-electron chi connectivity index (χ1n) is 9.46. The van der Waals surface area contributed by atoms with E-state index >= 15 is 0 Å². The van der Waals surface area contributed by atoms with Gasteiger partial charge in [0.05, 0.1) is 0 Å². The molecule has 0 radical (unpaired) electrons. The number of aryl methyl sites for hydroxylation is 2. The lowest BCUT2D eigenvalue weighted by molar-refractivity contribution is -0.127. The third-order valence-electron chi connectivity index (χ3n) is 5.20. The van der Waals surface area contributed by atoms with Gasteiger partial charge in [-0.3, -0.25) is 9.78 Å². The largest absolute Gasteiger partial charge is 0.480 e. The number of amides is 1. The van der Waals surface area contributed by atoms with E-state index in [1.165, 1.54) is 0 Å². The van der Waals surface area contributed by atoms with E-state index in [9.17, 15) is 9.59 Å². The van der Waals surface area contributed by atoms with Gasteiger partial charge in [0.2, 0.25) is 0 Å². The average molecular weight is 378 g/mol. The van der Waals surface area contributed by atoms with E-state index in [1.807, 2.05) is 31.2 Å². The molecule has 6 heteroatoms. The molecule has 0 bridgehead atoms. The molecule has 0 saturated heterocycles. The zero-order valence-corrected chi connectivity index (χ0v) is 16.0. The fourth-order valence-corrected chi connectivity index (χ4v) is 3.67. The second-order valence-corrected chi connectivity index (χ2v) is 7.10. The molecule has 3 aromatic rings. The van der Waals surface area contributed by atoms with Crippen LogP contribution in [-0.4, -0.2) is 17.0 Å². The maximum atomic E-state index is 12.4. The summed E-state index contributed by atoms with van der Waals surface area (Å²) < 4.78 is 11.5. The predicted molar refractivity (Wildman–Crippen MR) is 105 cm³/mol. The van der Waals surface area contributed by atoms with Gasteiger partial charge in [0.25, 0.3) is 5.91 Å². The lowest BCUT2D eigenvalue weighted by atomic mass is 10.0. The van der Waals surface area contributed by atoms with Crippen molar-refractivity contribution in [3.05, 3.63) is 69.3 Å². The minimum atomic E-state index is -0.686. The predicted octanol–water partition coefficient (Wildman–Crippen LogP) is 3.07. The molecule has 2 heterocycles. The summed E-state index contributed by atoms with van der Waals surface area (Å²) in [5.41, 5.74) is 3.82. The Morgan fingerprint density at radius 3 is 2.89 bits per heavy atom. The van der Waals surface area contributed by atoms with Crippen molar-refractivity contribution in [2.75, 3.05) is 0 Å². The van der Waals surface area contributed by atoms with Crippen molar-refractivity contribution in [2.24, 2.45) is 0 Å². The Morgan fingerprint density at radius 2 is 2.11 bits per heavy atom. The topological polar surface area (TPSA) is 81.4 Å². The van der Waals surface area contributed by atoms with Gasteiger partial charge in [-0.2, -0.15) is 0 Å². The molecule has 0 unspecified atom stereocenters. The number of ether oxygens (including phenoxy) is 1. The maximum absolute atomic E-state index is 12.4. The minimum absolute atomic E-state index is 0.223. The summed E-state index contributed by atoms with van der Waals surface area (Å²) in [5.74, 6) is 0.316. The van der Waals surface area contributed by atoms with Crippen molar-refractivity contribution in [1.82, 2.24) is 10.3 Å². The smallest absolute Gasteiger partial charge is 0.339 e. The second-order valence-electron chi connectivity index (χ2n) is 7.10. The van der Waals surface area contributed by atoms with Gasteiger partial charge in [-0.05, 0) is 62.4 Å². The summed E-state index contributed by atoms with van der Waals surface area (Å²) in [6.45, 7) is 3.93. The molecule has 1 atom stereocenters. The van der Waals surface area contributed by atoms with Gasteiger partial charge in [0, 0.05) is 35.5 Å². The SMILES string of the molecule is Cc1c(O[C@@H](C)C(=O)NCc2cccnc2)ccc2c3c(c(=O)oc12)CCC3. The fraction of sp³-hybridized carbons (Fsp3) is 0.318. The number of carbonyl (C=O) groups is 1. The number of rotatable bonds is 5. The van der Waals surface area contributed by atoms with Crippen LogP contribution in [0.25, 0.3) is 11.0 Å². The van der Waals surface area contributed by atoms with E-state index in [1.54, 1.807) is 19.3 Å². The normalized spacial score (nSPS) is 13.9. The Balaban J connectivity index is 1.53. The first kappa shape index (κ1) is 18.2. The maximum Gasteiger partial charge on any atom is 0.339 e. The summed E-state index contributed by atoms with van der Waals surface area (Å²) >= 11 is 0. The molecule has 0 fully saturated rings. The molecule has 1 amide bonds. The van der Waals surface area contributed by atoms with Gasteiger partial charge >= 0.3 is 5.63 Å². The number of aromatic nitrogens is 1. The number of nitrogens with zero attached hydrogens (tertiary/aromatic N) is 1. The van der Waals surface area contributed by atoms with E-state index < -0.39 is 6.10 Å². The zero-order valence-electron chi connectivity index (χ0n) is 16.0. The van der Waals surface area contributed by atoms with Gasteiger partial charge in [-0.15, -0.1) is 0 Å². The number of pyridine rings is 1. The van der Waals surface area contributed by atoms with Crippen molar-refractivity contribution < 1.29 is 13.9 Å². The Morgan fingerprint density at radius 1 is 1.29 bits per heavy atom. The summed E-state index contributed by atoms with van der Waals surface area (Å²) in [4.78, 5) is 28.7. The first-order valence-corrected chi connectivity index (χ1v) is 9.46. The van der Waals surface area contributed by atoms with Gasteiger partial charge in [-0.1, -0.05) is 6.07 Å². The lowest BCUT2D eigenvalue weighted by Gasteiger charge is -2.17. The fourth-order valence-electron chi connectivity index (χ4n) is 3.67. The second kappa shape index (κ2) is 7.46. The Hall–Kier alpha value is -3.15. The van der Waals surface area contributed by atoms with Crippen LogP contribution in [0.4, 0.5) is 0 Å². The van der Waals surface area contributed by atoms with Crippen molar-refractivity contribution in [3.63, 3.8) is 0 Å². The summed E-state index contributed by atoms with van der Waals surface area (Å²) in [5, 5.41) is 3.80. The minimum Gasteiger partial charge on any atom is -0.480 e. The van der Waals surface area contributed by atoms with Crippen LogP contribution in [0.2, 0.25) is 0 Å². The number of hydrogen-bond acceptors (Lipinski definition) is 5. The molecular formula is C22H22N2O4. The quantitative estimate of drug-likeness (QED) is 0.690. The number of fused-ring (bicyclic) bond motifs is 3. The van der Waals surface area contributed by atoms with Gasteiger partial charge in [0.15, 0.2) is 6.10 Å². The summed E-state index contributed by atoms with van der Waals surface area (Å²) in [7, 11) is 0. The van der Waals surface area contributed by atoms with Crippen molar-refractivity contribution in [2.45, 2.75) is 45.8 Å². The summed E-state index contributed by atoms with van der Waals surface area (Å²) in [6.07, 6.45) is 5.36. The van der Waals surface area contributed by atoms with E-state index in [0.717, 1.165) is 46.9 Å². The molecule has 2 aromatic heterocycles. The monoisotopic (exact) mass is 378 g/mol. The highest BCUT2D eigenvalue weighted by atomic mass is 16.5. The lowest BCUT2D eigenvalue weighted by Crippen LogP contribution is -2.36. The van der Waals surface area contributed by atoms with Crippen molar-refractivity contribution in [3.8, 4) is 5.75 Å². The van der Waals surface area contributed by atoms with Gasteiger partial charge in [-0.25, -0.2) is 4.79 Å². The molecule has 0 aliphatic heterocycles. The third-order valence-corrected chi connectivity index (χ3v) is 5.20. The molecule has 28 heavy (non-hydrogen) atoms. The standard InChI is InChI=1S/C22H22N2O4/c1-13-19(27-14(2)21(25)24-12-15-5-4-10-23-11-15)9-8-17-16-6-3-7-18(16)22(26)28-20(13)17/h4-5,8-11,14H,3,6-7,12H2,1-2H3,(H,24,25)/t14-/m0/s1. The molecular weight excluding hydrogens is 356 g/mol. The van der Waals surface area contributed by atoms with E-state index in [-0.39, 0.29) is 11.5 Å². The van der Waals surface area contributed by atoms with Crippen molar-refractivity contribution >= 4 is 16.9 Å². The van der Waals surface area contributed by atoms with Crippen LogP contribution in [0.1, 0.15) is 35.6 Å². The summed E-state index contributed by atoms with van der Waals surface area (Å²) in [6, 6.07) is 7.49. The Kier molecular flexibility index (Phi) is 4.86. The third kappa shape index (κ3) is 3.38. The molecule has 4 rings (SSSR count). The number of carbonyl (C=O) groups excluding carboxylic acids is 1. The molecule has 0 saturated carbocycles. The average Bonchev–Trinajstić information content (AvgIpc) is 3.20. The van der Waals surface area contributed by atoms with E-state index in [2.05, 4.69) is 10.3 Å². The number of nitrogens with one attached hydrogen (secondary N) is 1. The van der Waals surface area contributed by atoms with Crippen LogP contribution in [0.5, 0.6) is 5.75 Å². The van der Waals surface area contributed by atoms with Crippen LogP contribution in [0.15, 0.2) is 45.9 Å². The van der Waals surface area contributed by atoms with E-state index in [4.69, 9.17) is 9.15 Å². The van der Waals surface area contributed by atoms with Crippen LogP contribution >= 0.6 is 0 Å². The number of hydrogen-bond donors (Lipinski definition) is 1. The highest BCUT2D eigenvalue weighted by molar-refractivity contribution is 5.86. The number of benzene rings is 1. The molecule has 0 spiro atoms. The van der Waals surface area contributed by atoms with Crippen LogP contribution in [0, 0.1) is 6.92 Å². The highest BCUT2D eigenvalue weighted by Crippen LogP contribution is 2.33. The highest BCUT2D eigenvalue weighted by Gasteiger charge is 2.22. The van der Waals surface area contributed by atoms with Crippen LogP contribution < -0.4 is 15.7 Å². The molecule has 1 aliphatic carbocycles. The molecule has 1 aliphatic rings. The Labute approximate surface area is 162 Å². The Bertz CT molecular complexity index is 1090. The molecule has 144 valence electrons. The van der Waals surface area contributed by atoms with Crippen LogP contribution in [0.3, 0.4) is 0 Å². The molecule has 6 nitrogen and oxygen atoms in total. The van der Waals surface area contributed by atoms with E-state index in [0.29, 0.717) is 17.9 Å². The molecule has 1 aromatic carbocycles. The van der Waals surface area contributed by atoms with Gasteiger partial charge in [0.1, 0.15) is 11.3 Å². The molecule has 1 N–H and O–H groups in total. The van der Waals surface area contributed by atoms with Crippen molar-refractivity contribution in [1.29, 1.82) is 0 Å². The van der Waals surface area contributed by atoms with Crippen LogP contribution in [-0.2, 0) is 24.2 Å². The zero-order chi connectivity index (χ0) is 19.7. The van der Waals surface area contributed by atoms with Gasteiger partial charge < -0.3 is 14.5 Å². The first-order chi connectivity index (χ1) is 13.5.